The van der Waals surface area contributed by atoms with Gasteiger partial charge in [-0.05, 0) is 18.9 Å². The van der Waals surface area contributed by atoms with Crippen LogP contribution in [0.3, 0.4) is 0 Å². The maximum absolute atomic E-state index is 12.2. The van der Waals surface area contributed by atoms with E-state index in [1.165, 1.54) is 11.0 Å². The Kier molecular flexibility index (Phi) is 3.61. The SMILES string of the molecule is Nc1cc(C(=O)N2CCC(O)CC2)c([N+](=O)[O-])cn1. The van der Waals surface area contributed by atoms with E-state index in [-0.39, 0.29) is 17.1 Å². The number of anilines is 1. The van der Waals surface area contributed by atoms with Crippen molar-refractivity contribution in [2.24, 2.45) is 0 Å². The van der Waals surface area contributed by atoms with Gasteiger partial charge in [-0.3, -0.25) is 14.9 Å². The Morgan fingerprint density at radius 3 is 2.74 bits per heavy atom. The first-order chi connectivity index (χ1) is 8.99. The van der Waals surface area contributed by atoms with E-state index >= 15 is 0 Å². The Labute approximate surface area is 109 Å². The largest absolute Gasteiger partial charge is 0.393 e. The minimum atomic E-state index is -0.654. The molecule has 0 aromatic carbocycles. The first-order valence-electron chi connectivity index (χ1n) is 5.86. The highest BCUT2D eigenvalue weighted by Crippen LogP contribution is 2.22. The number of carbonyl (C=O) groups is 1. The van der Waals surface area contributed by atoms with Crippen LogP contribution in [0.1, 0.15) is 23.2 Å². The topological polar surface area (TPSA) is 123 Å². The van der Waals surface area contributed by atoms with Crippen molar-refractivity contribution >= 4 is 17.4 Å². The van der Waals surface area contributed by atoms with Gasteiger partial charge in [0.05, 0.1) is 11.0 Å². The van der Waals surface area contributed by atoms with Crippen molar-refractivity contribution in [1.82, 2.24) is 9.88 Å². The minimum absolute atomic E-state index is 0.0611. The first kappa shape index (κ1) is 13.2. The third-order valence-corrected chi connectivity index (χ3v) is 3.08. The summed E-state index contributed by atoms with van der Waals surface area (Å²) in [6, 6.07) is 1.21. The number of nitrogens with two attached hydrogens (primary N) is 1. The van der Waals surface area contributed by atoms with Crippen molar-refractivity contribution < 1.29 is 14.8 Å². The number of nitro groups is 1. The normalized spacial score (nSPS) is 16.4. The number of pyridine rings is 1. The van der Waals surface area contributed by atoms with Crippen LogP contribution in [0.4, 0.5) is 11.5 Å². The number of hydrogen-bond acceptors (Lipinski definition) is 6. The maximum Gasteiger partial charge on any atom is 0.300 e. The third kappa shape index (κ3) is 2.79. The molecule has 19 heavy (non-hydrogen) atoms. The van der Waals surface area contributed by atoms with Gasteiger partial charge in [-0.1, -0.05) is 0 Å². The number of hydrogen-bond donors (Lipinski definition) is 2. The summed E-state index contributed by atoms with van der Waals surface area (Å²) in [6.07, 6.45) is 1.52. The van der Waals surface area contributed by atoms with Gasteiger partial charge in [0, 0.05) is 13.1 Å². The van der Waals surface area contributed by atoms with Crippen molar-refractivity contribution in [3.63, 3.8) is 0 Å². The highest BCUT2D eigenvalue weighted by molar-refractivity contribution is 5.98. The fraction of sp³-hybridized carbons (Fsp3) is 0.455. The van der Waals surface area contributed by atoms with E-state index in [9.17, 15) is 20.0 Å². The zero-order chi connectivity index (χ0) is 14.0. The number of aliphatic hydroxyl groups excluding tert-OH is 1. The number of aromatic nitrogens is 1. The number of nitrogen functional groups attached to an aromatic ring is 1. The van der Waals surface area contributed by atoms with Gasteiger partial charge in [-0.15, -0.1) is 0 Å². The van der Waals surface area contributed by atoms with Crippen molar-refractivity contribution in [1.29, 1.82) is 0 Å². The molecular formula is C11H14N4O4. The molecule has 0 unspecified atom stereocenters. The molecular weight excluding hydrogens is 252 g/mol. The van der Waals surface area contributed by atoms with Crippen molar-refractivity contribution in [2.45, 2.75) is 18.9 Å². The second-order valence-electron chi connectivity index (χ2n) is 4.41. The highest BCUT2D eigenvalue weighted by Gasteiger charge is 2.28. The molecule has 8 nitrogen and oxygen atoms in total. The first-order valence-corrected chi connectivity index (χ1v) is 5.86. The molecule has 0 saturated carbocycles. The number of amides is 1. The van der Waals surface area contributed by atoms with Crippen molar-refractivity contribution in [3.8, 4) is 0 Å². The summed E-state index contributed by atoms with van der Waals surface area (Å²) in [5.74, 6) is -0.390. The Balaban J connectivity index is 2.27. The monoisotopic (exact) mass is 266 g/mol. The van der Waals surface area contributed by atoms with Gasteiger partial charge in [-0.25, -0.2) is 4.98 Å². The van der Waals surface area contributed by atoms with Crippen LogP contribution < -0.4 is 5.73 Å². The summed E-state index contributed by atoms with van der Waals surface area (Å²) in [5.41, 5.74) is 5.06. The molecule has 1 aromatic heterocycles. The Morgan fingerprint density at radius 1 is 1.53 bits per heavy atom. The summed E-state index contributed by atoms with van der Waals surface area (Å²) < 4.78 is 0. The summed E-state index contributed by atoms with van der Waals surface area (Å²) in [6.45, 7) is 0.749. The lowest BCUT2D eigenvalue weighted by atomic mass is 10.1. The van der Waals surface area contributed by atoms with E-state index in [1.54, 1.807) is 0 Å². The van der Waals surface area contributed by atoms with Gasteiger partial charge >= 0.3 is 0 Å². The molecule has 2 rings (SSSR count). The lowest BCUT2D eigenvalue weighted by Crippen LogP contribution is -2.40. The molecule has 1 aliphatic rings. The van der Waals surface area contributed by atoms with Crippen LogP contribution in [0, 0.1) is 10.1 Å². The number of piperidine rings is 1. The van der Waals surface area contributed by atoms with E-state index in [4.69, 9.17) is 5.73 Å². The summed E-state index contributed by atoms with van der Waals surface area (Å²) in [7, 11) is 0. The summed E-state index contributed by atoms with van der Waals surface area (Å²) in [5, 5.41) is 20.3. The number of rotatable bonds is 2. The molecule has 102 valence electrons. The fourth-order valence-electron chi connectivity index (χ4n) is 2.02. The van der Waals surface area contributed by atoms with Crippen LogP contribution in [0.25, 0.3) is 0 Å². The molecule has 0 spiro atoms. The molecule has 0 atom stereocenters. The molecule has 1 aliphatic heterocycles. The fourth-order valence-corrected chi connectivity index (χ4v) is 2.02. The lowest BCUT2D eigenvalue weighted by Gasteiger charge is -2.29. The van der Waals surface area contributed by atoms with Crippen molar-refractivity contribution in [3.05, 3.63) is 27.9 Å². The molecule has 1 amide bonds. The number of likely N-dealkylation sites (tertiary alicyclic amines) is 1. The molecule has 1 fully saturated rings. The standard InChI is InChI=1S/C11H14N4O4/c12-10-5-8(9(6-13-10)15(18)19)11(17)14-3-1-7(16)2-4-14/h5-7,16H,1-4H2,(H2,12,13). The number of carbonyl (C=O) groups excluding carboxylic acids is 1. The van der Waals surface area contributed by atoms with Crippen molar-refractivity contribution in [2.75, 3.05) is 18.8 Å². The molecule has 3 N–H and O–H groups in total. The van der Waals surface area contributed by atoms with Gasteiger partial charge in [0.1, 0.15) is 17.6 Å². The molecule has 8 heteroatoms. The van der Waals surface area contributed by atoms with Gasteiger partial charge in [0.25, 0.3) is 11.6 Å². The summed E-state index contributed by atoms with van der Waals surface area (Å²) in [4.78, 5) is 27.6. The van der Waals surface area contributed by atoms with E-state index in [1.807, 2.05) is 0 Å². The zero-order valence-electron chi connectivity index (χ0n) is 10.2. The zero-order valence-corrected chi connectivity index (χ0v) is 10.2. The van der Waals surface area contributed by atoms with E-state index in [2.05, 4.69) is 4.98 Å². The van der Waals surface area contributed by atoms with Gasteiger partial charge in [0.2, 0.25) is 0 Å². The predicted octanol–water partition coefficient (Wildman–Crippen LogP) is 0.169. The highest BCUT2D eigenvalue weighted by atomic mass is 16.6. The third-order valence-electron chi connectivity index (χ3n) is 3.08. The van der Waals surface area contributed by atoms with Gasteiger partial charge in [0.15, 0.2) is 0 Å². The number of aliphatic hydroxyl groups is 1. The van der Waals surface area contributed by atoms with Gasteiger partial charge in [-0.2, -0.15) is 0 Å². The molecule has 0 bridgehead atoms. The molecule has 1 saturated heterocycles. The van der Waals surface area contributed by atoms with Crippen LogP contribution in [-0.4, -0.2) is 45.0 Å². The Bertz CT molecular complexity index is 511. The van der Waals surface area contributed by atoms with Crippen LogP contribution in [0.5, 0.6) is 0 Å². The van der Waals surface area contributed by atoms with Crippen LogP contribution in [0.2, 0.25) is 0 Å². The smallest absolute Gasteiger partial charge is 0.300 e. The molecule has 0 aliphatic carbocycles. The minimum Gasteiger partial charge on any atom is -0.393 e. The molecule has 1 aromatic rings. The van der Waals surface area contributed by atoms with E-state index < -0.39 is 16.9 Å². The van der Waals surface area contributed by atoms with Crippen LogP contribution in [0.15, 0.2) is 12.3 Å². The molecule has 2 heterocycles. The van der Waals surface area contributed by atoms with Crippen LogP contribution in [-0.2, 0) is 0 Å². The Hall–Kier alpha value is -2.22. The number of nitrogens with zero attached hydrogens (tertiary/aromatic N) is 3. The van der Waals surface area contributed by atoms with Gasteiger partial charge < -0.3 is 15.7 Å². The quantitative estimate of drug-likeness (QED) is 0.581. The average Bonchev–Trinajstić information content (AvgIpc) is 2.38. The molecule has 0 radical (unpaired) electrons. The maximum atomic E-state index is 12.2. The second kappa shape index (κ2) is 5.19. The lowest BCUT2D eigenvalue weighted by molar-refractivity contribution is -0.385. The average molecular weight is 266 g/mol. The second-order valence-corrected chi connectivity index (χ2v) is 4.41. The predicted molar refractivity (Wildman–Crippen MR) is 66.4 cm³/mol. The summed E-state index contributed by atoms with van der Waals surface area (Å²) >= 11 is 0. The van der Waals surface area contributed by atoms with E-state index in [0.717, 1.165) is 6.20 Å². The Morgan fingerprint density at radius 2 is 2.16 bits per heavy atom. The van der Waals surface area contributed by atoms with E-state index in [0.29, 0.717) is 25.9 Å². The van der Waals surface area contributed by atoms with Crippen LogP contribution >= 0.6 is 0 Å².